The molecule has 3 rings (SSSR count). The number of rotatable bonds is 2. The Kier molecular flexibility index (Phi) is 3.49. The number of nitrogens with two attached hydrogens (primary N) is 1. The first kappa shape index (κ1) is 12.8. The van der Waals surface area contributed by atoms with Gasteiger partial charge in [0.05, 0.1) is 18.8 Å². The predicted molar refractivity (Wildman–Crippen MR) is 76.0 cm³/mol. The van der Waals surface area contributed by atoms with E-state index in [4.69, 9.17) is 10.5 Å². The zero-order valence-corrected chi connectivity index (χ0v) is 11.0. The summed E-state index contributed by atoms with van der Waals surface area (Å²) < 4.78 is 5.25. The van der Waals surface area contributed by atoms with Crippen LogP contribution >= 0.6 is 0 Å². The van der Waals surface area contributed by atoms with Crippen molar-refractivity contribution >= 4 is 22.5 Å². The molecule has 104 valence electrons. The molecule has 0 unspecified atom stereocenters. The summed E-state index contributed by atoms with van der Waals surface area (Å²) in [6.45, 7) is 2.63. The highest BCUT2D eigenvalue weighted by atomic mass is 16.5. The summed E-state index contributed by atoms with van der Waals surface area (Å²) in [5, 5.41) is 3.46. The molecule has 6 heteroatoms. The second kappa shape index (κ2) is 5.44. The van der Waals surface area contributed by atoms with Gasteiger partial charge in [0.25, 0.3) is 5.91 Å². The molecule has 0 spiro atoms. The number of hydrogen-bond donors (Lipinski definition) is 2. The van der Waals surface area contributed by atoms with Crippen molar-refractivity contribution in [3.05, 3.63) is 36.0 Å². The molecule has 1 amide bonds. The fourth-order valence-corrected chi connectivity index (χ4v) is 2.27. The van der Waals surface area contributed by atoms with Crippen LogP contribution in [0.1, 0.15) is 10.4 Å². The van der Waals surface area contributed by atoms with Gasteiger partial charge in [-0.1, -0.05) is 24.3 Å². The highest BCUT2D eigenvalue weighted by molar-refractivity contribution is 6.08. The maximum Gasteiger partial charge on any atom is 0.267 e. The van der Waals surface area contributed by atoms with E-state index in [1.165, 1.54) is 6.20 Å². The van der Waals surface area contributed by atoms with Crippen LogP contribution in [0.2, 0.25) is 0 Å². The van der Waals surface area contributed by atoms with Crippen molar-refractivity contribution in [3.8, 4) is 0 Å². The topological polar surface area (TPSA) is 80.5 Å². The second-order valence-electron chi connectivity index (χ2n) is 4.64. The van der Waals surface area contributed by atoms with Crippen LogP contribution in [0.5, 0.6) is 0 Å². The molecular formula is C14H16N4O2. The van der Waals surface area contributed by atoms with Crippen LogP contribution in [0.4, 0.5) is 5.82 Å². The number of benzene rings is 1. The van der Waals surface area contributed by atoms with Gasteiger partial charge < -0.3 is 10.5 Å². The average Bonchev–Trinajstić information content (AvgIpc) is 2.49. The highest BCUT2D eigenvalue weighted by Gasteiger charge is 2.17. The van der Waals surface area contributed by atoms with E-state index in [1.54, 1.807) is 0 Å². The van der Waals surface area contributed by atoms with Crippen molar-refractivity contribution < 1.29 is 9.53 Å². The number of nitrogen functional groups attached to an aromatic ring is 1. The molecule has 1 aromatic carbocycles. The first-order valence-electron chi connectivity index (χ1n) is 6.52. The van der Waals surface area contributed by atoms with Gasteiger partial charge in [-0.25, -0.2) is 9.99 Å². The molecule has 3 N–H and O–H groups in total. The average molecular weight is 272 g/mol. The number of aromatic nitrogens is 1. The first-order valence-corrected chi connectivity index (χ1v) is 6.52. The van der Waals surface area contributed by atoms with Crippen molar-refractivity contribution in [1.82, 2.24) is 15.4 Å². The number of ether oxygens (including phenoxy) is 1. The summed E-state index contributed by atoms with van der Waals surface area (Å²) in [5.41, 5.74) is 9.25. The van der Waals surface area contributed by atoms with Crippen LogP contribution in [0.25, 0.3) is 10.8 Å². The minimum absolute atomic E-state index is 0.171. The van der Waals surface area contributed by atoms with Crippen molar-refractivity contribution in [3.63, 3.8) is 0 Å². The SMILES string of the molecule is Nc1ncc(C(=O)NN2CCOCC2)c2ccccc12. The van der Waals surface area contributed by atoms with Crippen LogP contribution in [-0.2, 0) is 4.74 Å². The molecular weight excluding hydrogens is 256 g/mol. The van der Waals surface area contributed by atoms with E-state index in [2.05, 4.69) is 10.4 Å². The van der Waals surface area contributed by atoms with Crippen molar-refractivity contribution in [1.29, 1.82) is 0 Å². The lowest BCUT2D eigenvalue weighted by Crippen LogP contribution is -2.48. The van der Waals surface area contributed by atoms with Crippen LogP contribution in [0.15, 0.2) is 30.5 Å². The van der Waals surface area contributed by atoms with Crippen molar-refractivity contribution in [2.24, 2.45) is 0 Å². The quantitative estimate of drug-likeness (QED) is 0.845. The Hall–Kier alpha value is -2.18. The minimum Gasteiger partial charge on any atom is -0.383 e. The number of carbonyl (C=O) groups is 1. The standard InChI is InChI=1S/C14H16N4O2/c15-13-11-4-2-1-3-10(11)12(9-16-13)14(19)17-18-5-7-20-8-6-18/h1-4,9H,5-8H2,(H2,15,16)(H,17,19). The molecule has 1 aliphatic heterocycles. The monoisotopic (exact) mass is 272 g/mol. The van der Waals surface area contributed by atoms with Gasteiger partial charge in [-0.3, -0.25) is 10.2 Å². The molecule has 0 saturated carbocycles. The van der Waals surface area contributed by atoms with Gasteiger partial charge in [-0.2, -0.15) is 0 Å². The highest BCUT2D eigenvalue weighted by Crippen LogP contribution is 2.22. The Labute approximate surface area is 116 Å². The lowest BCUT2D eigenvalue weighted by Gasteiger charge is -2.27. The maximum atomic E-state index is 12.4. The summed E-state index contributed by atoms with van der Waals surface area (Å²) in [6.07, 6.45) is 1.52. The van der Waals surface area contributed by atoms with Crippen LogP contribution < -0.4 is 11.2 Å². The Bertz CT molecular complexity index is 638. The molecule has 2 aromatic rings. The molecule has 0 aliphatic carbocycles. The summed E-state index contributed by atoms with van der Waals surface area (Å²) >= 11 is 0. The molecule has 6 nitrogen and oxygen atoms in total. The Balaban J connectivity index is 1.89. The van der Waals surface area contributed by atoms with E-state index >= 15 is 0 Å². The smallest absolute Gasteiger partial charge is 0.267 e. The lowest BCUT2D eigenvalue weighted by molar-refractivity contribution is 0.0126. The van der Waals surface area contributed by atoms with Crippen LogP contribution in [-0.4, -0.2) is 42.2 Å². The van der Waals surface area contributed by atoms with Gasteiger partial charge in [-0.15, -0.1) is 0 Å². The molecule has 0 atom stereocenters. The molecule has 2 heterocycles. The van der Waals surface area contributed by atoms with Crippen molar-refractivity contribution in [2.45, 2.75) is 0 Å². The number of hydrogen-bond acceptors (Lipinski definition) is 5. The van der Waals surface area contributed by atoms with E-state index < -0.39 is 0 Å². The fourth-order valence-electron chi connectivity index (χ4n) is 2.27. The Morgan fingerprint density at radius 2 is 1.95 bits per heavy atom. The van der Waals surface area contributed by atoms with Gasteiger partial charge >= 0.3 is 0 Å². The minimum atomic E-state index is -0.171. The number of hydrazine groups is 1. The van der Waals surface area contributed by atoms with Gasteiger partial charge in [0.15, 0.2) is 0 Å². The number of nitrogens with zero attached hydrogens (tertiary/aromatic N) is 2. The summed E-state index contributed by atoms with van der Waals surface area (Å²) in [6, 6.07) is 7.50. The third kappa shape index (κ3) is 2.43. The second-order valence-corrected chi connectivity index (χ2v) is 4.64. The number of carbonyl (C=O) groups excluding carboxylic acids is 1. The van der Waals surface area contributed by atoms with Gasteiger partial charge in [0.1, 0.15) is 5.82 Å². The number of anilines is 1. The Morgan fingerprint density at radius 3 is 2.70 bits per heavy atom. The number of amides is 1. The van der Waals surface area contributed by atoms with E-state index in [0.717, 1.165) is 10.8 Å². The molecule has 1 fully saturated rings. The molecule has 1 aromatic heterocycles. The van der Waals surface area contributed by atoms with E-state index in [0.29, 0.717) is 37.7 Å². The lowest BCUT2D eigenvalue weighted by atomic mass is 10.1. The van der Waals surface area contributed by atoms with Gasteiger partial charge in [0.2, 0.25) is 0 Å². The van der Waals surface area contributed by atoms with Crippen molar-refractivity contribution in [2.75, 3.05) is 32.0 Å². The summed E-state index contributed by atoms with van der Waals surface area (Å²) in [4.78, 5) is 16.5. The van der Waals surface area contributed by atoms with Crippen LogP contribution in [0.3, 0.4) is 0 Å². The Morgan fingerprint density at radius 1 is 1.25 bits per heavy atom. The normalized spacial score (nSPS) is 16.2. The predicted octanol–water partition coefficient (Wildman–Crippen LogP) is 0.794. The molecule has 20 heavy (non-hydrogen) atoms. The maximum absolute atomic E-state index is 12.4. The zero-order chi connectivity index (χ0) is 13.9. The summed E-state index contributed by atoms with van der Waals surface area (Å²) in [7, 11) is 0. The molecule has 0 radical (unpaired) electrons. The van der Waals surface area contributed by atoms with E-state index in [1.807, 2.05) is 29.3 Å². The van der Waals surface area contributed by atoms with E-state index in [9.17, 15) is 4.79 Å². The first-order chi connectivity index (χ1) is 9.75. The fraction of sp³-hybridized carbons (Fsp3) is 0.286. The zero-order valence-electron chi connectivity index (χ0n) is 11.0. The third-order valence-electron chi connectivity index (χ3n) is 3.34. The van der Waals surface area contributed by atoms with Gasteiger partial charge in [0, 0.05) is 24.7 Å². The van der Waals surface area contributed by atoms with Crippen LogP contribution in [0, 0.1) is 0 Å². The van der Waals surface area contributed by atoms with E-state index in [-0.39, 0.29) is 5.91 Å². The number of pyridine rings is 1. The summed E-state index contributed by atoms with van der Waals surface area (Å²) in [5.74, 6) is 0.263. The number of fused-ring (bicyclic) bond motifs is 1. The molecule has 0 bridgehead atoms. The number of morpholine rings is 1. The largest absolute Gasteiger partial charge is 0.383 e. The third-order valence-corrected chi connectivity index (χ3v) is 3.34. The van der Waals surface area contributed by atoms with Gasteiger partial charge in [-0.05, 0) is 5.39 Å². The molecule has 1 aliphatic rings. The number of nitrogens with one attached hydrogen (secondary N) is 1. The molecule has 1 saturated heterocycles.